The highest BCUT2D eigenvalue weighted by atomic mass is 35.5. The number of hydrogen-bond donors (Lipinski definition) is 2. The lowest BCUT2D eigenvalue weighted by Gasteiger charge is -2.25. The first-order chi connectivity index (χ1) is 13.5. The second-order valence-corrected chi connectivity index (χ2v) is 7.73. The molecule has 28 heavy (non-hydrogen) atoms. The molecule has 150 valence electrons. The summed E-state index contributed by atoms with van der Waals surface area (Å²) >= 11 is 5.93. The average Bonchev–Trinajstić information content (AvgIpc) is 2.94. The maximum atomic E-state index is 13.0. The van der Waals surface area contributed by atoms with Crippen molar-refractivity contribution in [2.75, 3.05) is 13.1 Å². The molecule has 1 aliphatic heterocycles. The van der Waals surface area contributed by atoms with Gasteiger partial charge >= 0.3 is 6.03 Å². The van der Waals surface area contributed by atoms with E-state index >= 15 is 0 Å². The molecule has 0 spiro atoms. The predicted molar refractivity (Wildman–Crippen MR) is 108 cm³/mol. The van der Waals surface area contributed by atoms with Crippen molar-refractivity contribution in [2.24, 2.45) is 0 Å². The number of benzene rings is 1. The number of allylic oxidation sites excluding steroid dienone is 1. The number of imide groups is 1. The fourth-order valence-electron chi connectivity index (χ4n) is 3.84. The van der Waals surface area contributed by atoms with Gasteiger partial charge in [-0.2, -0.15) is 0 Å². The topological polar surface area (TPSA) is 78.5 Å². The number of hydrogen-bond acceptors (Lipinski definition) is 3. The summed E-state index contributed by atoms with van der Waals surface area (Å²) in [6, 6.07) is 6.27. The molecule has 1 aromatic carbocycles. The third kappa shape index (κ3) is 4.22. The molecule has 2 aliphatic rings. The minimum atomic E-state index is -1.16. The molecule has 1 fully saturated rings. The Balaban J connectivity index is 1.61. The normalized spacial score (nSPS) is 22.1. The molecule has 1 aromatic rings. The van der Waals surface area contributed by atoms with E-state index in [1.54, 1.807) is 24.3 Å². The first kappa shape index (κ1) is 20.4. The van der Waals surface area contributed by atoms with Crippen LogP contribution in [-0.4, -0.2) is 35.8 Å². The van der Waals surface area contributed by atoms with Crippen LogP contribution in [0.5, 0.6) is 0 Å². The minimum absolute atomic E-state index is 0.279. The Kier molecular flexibility index (Phi) is 6.39. The van der Waals surface area contributed by atoms with Gasteiger partial charge in [-0.15, -0.1) is 0 Å². The molecule has 0 bridgehead atoms. The summed E-state index contributed by atoms with van der Waals surface area (Å²) in [5, 5.41) is 6.14. The van der Waals surface area contributed by atoms with E-state index in [1.807, 2.05) is 6.92 Å². The van der Waals surface area contributed by atoms with Crippen molar-refractivity contribution < 1.29 is 14.4 Å². The van der Waals surface area contributed by atoms with E-state index in [4.69, 9.17) is 11.6 Å². The number of amides is 4. The molecule has 2 N–H and O–H groups in total. The second kappa shape index (κ2) is 8.78. The van der Waals surface area contributed by atoms with Crippen LogP contribution in [0.25, 0.3) is 0 Å². The number of nitrogens with zero attached hydrogens (tertiary/aromatic N) is 1. The van der Waals surface area contributed by atoms with Gasteiger partial charge in [-0.1, -0.05) is 42.3 Å². The number of nitrogens with one attached hydrogen (secondary N) is 2. The van der Waals surface area contributed by atoms with E-state index in [0.717, 1.165) is 24.2 Å². The number of halogens is 1. The fourth-order valence-corrected chi connectivity index (χ4v) is 3.96. The van der Waals surface area contributed by atoms with E-state index in [2.05, 4.69) is 16.7 Å². The Morgan fingerprint density at radius 1 is 1.25 bits per heavy atom. The number of urea groups is 1. The van der Waals surface area contributed by atoms with Crippen LogP contribution in [0.3, 0.4) is 0 Å². The Morgan fingerprint density at radius 2 is 2.00 bits per heavy atom. The molecule has 0 radical (unpaired) electrons. The Morgan fingerprint density at radius 3 is 2.64 bits per heavy atom. The van der Waals surface area contributed by atoms with Gasteiger partial charge in [0.05, 0.1) is 0 Å². The van der Waals surface area contributed by atoms with Crippen molar-refractivity contribution in [3.05, 3.63) is 46.5 Å². The van der Waals surface area contributed by atoms with Crippen LogP contribution in [-0.2, 0) is 15.1 Å². The van der Waals surface area contributed by atoms with Crippen LogP contribution >= 0.6 is 11.6 Å². The van der Waals surface area contributed by atoms with Crippen LogP contribution in [0.4, 0.5) is 4.79 Å². The maximum Gasteiger partial charge on any atom is 0.325 e. The first-order valence-corrected chi connectivity index (χ1v) is 10.2. The van der Waals surface area contributed by atoms with Gasteiger partial charge in [-0.25, -0.2) is 4.79 Å². The van der Waals surface area contributed by atoms with Gasteiger partial charge in [0.1, 0.15) is 12.1 Å². The summed E-state index contributed by atoms with van der Waals surface area (Å²) in [6.07, 6.45) is 8.06. The number of rotatable bonds is 7. The van der Waals surface area contributed by atoms with Crippen LogP contribution in [0.2, 0.25) is 5.02 Å². The first-order valence-electron chi connectivity index (χ1n) is 9.81. The molecule has 6 nitrogen and oxygen atoms in total. The van der Waals surface area contributed by atoms with Gasteiger partial charge in [0.2, 0.25) is 5.91 Å². The SMILES string of the molecule is CCC1(c2ccc(Cl)cc2)NC(=O)N(CC(=O)NCCC2=CCCCC2)C1=O. The molecule has 1 aliphatic carbocycles. The maximum absolute atomic E-state index is 13.0. The van der Waals surface area contributed by atoms with Gasteiger partial charge in [-0.05, 0) is 56.2 Å². The zero-order valence-corrected chi connectivity index (χ0v) is 16.8. The zero-order chi connectivity index (χ0) is 20.1. The highest BCUT2D eigenvalue weighted by molar-refractivity contribution is 6.30. The third-order valence-corrected chi connectivity index (χ3v) is 5.75. The van der Waals surface area contributed by atoms with E-state index in [9.17, 15) is 14.4 Å². The van der Waals surface area contributed by atoms with Gasteiger partial charge in [-0.3, -0.25) is 14.5 Å². The standard InChI is InChI=1S/C21H26ClN3O3/c1-2-21(16-8-10-17(22)11-9-16)19(27)25(20(28)24-21)14-18(26)23-13-12-15-6-4-3-5-7-15/h6,8-11H,2-5,7,12-14H2,1H3,(H,23,26)(H,24,28). The summed E-state index contributed by atoms with van der Waals surface area (Å²) < 4.78 is 0. The van der Waals surface area contributed by atoms with Crippen molar-refractivity contribution in [1.82, 2.24) is 15.5 Å². The molecule has 1 unspecified atom stereocenters. The molecule has 0 aromatic heterocycles. The largest absolute Gasteiger partial charge is 0.354 e. The summed E-state index contributed by atoms with van der Waals surface area (Å²) in [5.74, 6) is -0.740. The average molecular weight is 404 g/mol. The molecule has 7 heteroatoms. The second-order valence-electron chi connectivity index (χ2n) is 7.30. The van der Waals surface area contributed by atoms with Gasteiger partial charge < -0.3 is 10.6 Å². The van der Waals surface area contributed by atoms with Crippen LogP contribution in [0.15, 0.2) is 35.9 Å². The lowest BCUT2D eigenvalue weighted by Crippen LogP contribution is -2.44. The minimum Gasteiger partial charge on any atom is -0.354 e. The zero-order valence-electron chi connectivity index (χ0n) is 16.1. The molecule has 3 rings (SSSR count). The molecular formula is C21H26ClN3O3. The van der Waals surface area contributed by atoms with Crippen molar-refractivity contribution >= 4 is 29.4 Å². The summed E-state index contributed by atoms with van der Waals surface area (Å²) in [7, 11) is 0. The van der Waals surface area contributed by atoms with Gasteiger partial charge in [0.25, 0.3) is 5.91 Å². The van der Waals surface area contributed by atoms with Crippen LogP contribution in [0, 0.1) is 0 Å². The quantitative estimate of drug-likeness (QED) is 0.540. The highest BCUT2D eigenvalue weighted by Gasteiger charge is 2.51. The van der Waals surface area contributed by atoms with Crippen molar-refractivity contribution in [2.45, 2.75) is 51.0 Å². The van der Waals surface area contributed by atoms with E-state index < -0.39 is 17.5 Å². The fraction of sp³-hybridized carbons (Fsp3) is 0.476. The molecule has 1 heterocycles. The van der Waals surface area contributed by atoms with Crippen molar-refractivity contribution in [3.63, 3.8) is 0 Å². The lowest BCUT2D eigenvalue weighted by atomic mass is 9.87. The number of carbonyl (C=O) groups is 3. The van der Waals surface area contributed by atoms with Crippen LogP contribution in [0.1, 0.15) is 51.0 Å². The molecule has 1 saturated heterocycles. The predicted octanol–water partition coefficient (Wildman–Crippen LogP) is 3.50. The molecular weight excluding hydrogens is 378 g/mol. The monoisotopic (exact) mass is 403 g/mol. The van der Waals surface area contributed by atoms with Gasteiger partial charge in [0.15, 0.2) is 0 Å². The molecule has 0 saturated carbocycles. The van der Waals surface area contributed by atoms with Gasteiger partial charge in [0, 0.05) is 11.6 Å². The Hall–Kier alpha value is -2.34. The van der Waals surface area contributed by atoms with Crippen LogP contribution < -0.4 is 10.6 Å². The van der Waals surface area contributed by atoms with E-state index in [-0.39, 0.29) is 12.5 Å². The summed E-state index contributed by atoms with van der Waals surface area (Å²) in [4.78, 5) is 38.8. The Bertz CT molecular complexity index is 791. The Labute approximate surface area is 170 Å². The molecule has 4 amide bonds. The number of carbonyl (C=O) groups excluding carboxylic acids is 3. The third-order valence-electron chi connectivity index (χ3n) is 5.50. The lowest BCUT2D eigenvalue weighted by molar-refractivity contribution is -0.135. The molecule has 1 atom stereocenters. The smallest absolute Gasteiger partial charge is 0.325 e. The van der Waals surface area contributed by atoms with Crippen molar-refractivity contribution in [1.29, 1.82) is 0 Å². The van der Waals surface area contributed by atoms with Crippen molar-refractivity contribution in [3.8, 4) is 0 Å². The van der Waals surface area contributed by atoms with E-state index in [0.29, 0.717) is 23.6 Å². The summed E-state index contributed by atoms with van der Waals surface area (Å²) in [5.41, 5.74) is 0.869. The highest BCUT2D eigenvalue weighted by Crippen LogP contribution is 2.33. The summed E-state index contributed by atoms with van der Waals surface area (Å²) in [6.45, 7) is 2.07. The van der Waals surface area contributed by atoms with E-state index in [1.165, 1.54) is 18.4 Å².